The number of nitrogens with one attached hydrogen (secondary N) is 1. The van der Waals surface area contributed by atoms with Gasteiger partial charge in [0, 0.05) is 23.4 Å². The molecule has 0 bridgehead atoms. The lowest BCUT2D eigenvalue weighted by Crippen LogP contribution is -2.37. The Morgan fingerprint density at radius 1 is 0.914 bits per heavy atom. The Kier molecular flexibility index (Phi) is 8.64. The molecule has 0 aliphatic heterocycles. The van der Waals surface area contributed by atoms with Crippen molar-refractivity contribution in [1.29, 1.82) is 0 Å². The van der Waals surface area contributed by atoms with Crippen molar-refractivity contribution in [3.05, 3.63) is 96.6 Å². The zero-order valence-corrected chi connectivity index (χ0v) is 21.0. The van der Waals surface area contributed by atoms with Gasteiger partial charge in [0.25, 0.3) is 0 Å². The fourth-order valence-corrected chi connectivity index (χ4v) is 5.14. The molecular formula is C27H26N4O2S2. The summed E-state index contributed by atoms with van der Waals surface area (Å²) in [6.45, 7) is 2.30. The van der Waals surface area contributed by atoms with Crippen molar-refractivity contribution in [2.75, 3.05) is 17.6 Å². The molecule has 4 aromatic rings. The largest absolute Gasteiger partial charge is 0.335 e. The number of carbonyl (C=O) groups excluding carboxylic acids is 2. The van der Waals surface area contributed by atoms with E-state index in [1.807, 2.05) is 97.9 Å². The van der Waals surface area contributed by atoms with Crippen LogP contribution in [0, 0.1) is 0 Å². The van der Waals surface area contributed by atoms with Crippen LogP contribution >= 0.6 is 23.1 Å². The van der Waals surface area contributed by atoms with Gasteiger partial charge in [-0.3, -0.25) is 9.59 Å². The quantitative estimate of drug-likeness (QED) is 0.273. The minimum absolute atomic E-state index is 0.00900. The van der Waals surface area contributed by atoms with Gasteiger partial charge in [-0.25, -0.2) is 0 Å². The molecule has 6 nitrogen and oxygen atoms in total. The SMILES string of the molecule is C[C@@H](c1ccccc1)N(CCC(=O)Nc1nnc(-c2ccccc2)s1)C(=O)CSc1ccccc1. The number of benzene rings is 3. The first-order chi connectivity index (χ1) is 17.1. The van der Waals surface area contributed by atoms with E-state index in [9.17, 15) is 9.59 Å². The first-order valence-corrected chi connectivity index (χ1v) is 13.1. The third-order valence-electron chi connectivity index (χ3n) is 5.45. The first-order valence-electron chi connectivity index (χ1n) is 11.3. The molecule has 1 N–H and O–H groups in total. The summed E-state index contributed by atoms with van der Waals surface area (Å²) in [6.07, 6.45) is 0.166. The van der Waals surface area contributed by atoms with Gasteiger partial charge >= 0.3 is 0 Å². The Morgan fingerprint density at radius 3 is 2.23 bits per heavy atom. The van der Waals surface area contributed by atoms with Crippen LogP contribution in [0.25, 0.3) is 10.6 Å². The number of hydrogen-bond donors (Lipinski definition) is 1. The number of rotatable bonds is 10. The van der Waals surface area contributed by atoms with Crippen molar-refractivity contribution in [2.45, 2.75) is 24.3 Å². The number of nitrogens with zero attached hydrogens (tertiary/aromatic N) is 3. The molecule has 2 amide bonds. The standard InChI is InChI=1S/C27H26N4O2S2/c1-20(21-11-5-2-6-12-21)31(25(33)19-34-23-15-9-4-10-16-23)18-17-24(32)28-27-30-29-26(35-27)22-13-7-3-8-14-22/h2-16,20H,17-19H2,1H3,(H,28,30,32)/t20-/m0/s1. The summed E-state index contributed by atoms with van der Waals surface area (Å²) in [6, 6.07) is 29.3. The second-order valence-electron chi connectivity index (χ2n) is 7.85. The Bertz CT molecular complexity index is 1230. The highest BCUT2D eigenvalue weighted by atomic mass is 32.2. The molecule has 1 heterocycles. The maximum absolute atomic E-state index is 13.2. The topological polar surface area (TPSA) is 75.2 Å². The number of amides is 2. The van der Waals surface area contributed by atoms with Crippen LogP contribution in [0.2, 0.25) is 0 Å². The van der Waals surface area contributed by atoms with Crippen LogP contribution < -0.4 is 5.32 Å². The fraction of sp³-hybridized carbons (Fsp3) is 0.185. The summed E-state index contributed by atoms with van der Waals surface area (Å²) >= 11 is 2.82. The average Bonchev–Trinajstić information content (AvgIpc) is 3.37. The van der Waals surface area contributed by atoms with E-state index in [4.69, 9.17) is 0 Å². The van der Waals surface area contributed by atoms with E-state index in [1.165, 1.54) is 23.1 Å². The van der Waals surface area contributed by atoms with Gasteiger partial charge in [-0.05, 0) is 24.6 Å². The fourth-order valence-electron chi connectivity index (χ4n) is 3.57. The molecule has 0 unspecified atom stereocenters. The summed E-state index contributed by atoms with van der Waals surface area (Å²) in [4.78, 5) is 28.7. The molecule has 8 heteroatoms. The van der Waals surface area contributed by atoms with Gasteiger partial charge in [-0.15, -0.1) is 22.0 Å². The predicted molar refractivity (Wildman–Crippen MR) is 142 cm³/mol. The van der Waals surface area contributed by atoms with E-state index in [0.29, 0.717) is 17.4 Å². The van der Waals surface area contributed by atoms with Crippen molar-refractivity contribution in [1.82, 2.24) is 15.1 Å². The third kappa shape index (κ3) is 7.00. The summed E-state index contributed by atoms with van der Waals surface area (Å²) < 4.78 is 0. The van der Waals surface area contributed by atoms with Crippen molar-refractivity contribution in [2.24, 2.45) is 0 Å². The molecule has 178 valence electrons. The maximum atomic E-state index is 13.2. The monoisotopic (exact) mass is 502 g/mol. The van der Waals surface area contributed by atoms with Gasteiger partial charge in [0.05, 0.1) is 11.8 Å². The van der Waals surface area contributed by atoms with E-state index in [1.54, 1.807) is 4.90 Å². The highest BCUT2D eigenvalue weighted by molar-refractivity contribution is 8.00. The lowest BCUT2D eigenvalue weighted by atomic mass is 10.1. The maximum Gasteiger partial charge on any atom is 0.233 e. The van der Waals surface area contributed by atoms with Crippen LogP contribution in [0.15, 0.2) is 95.9 Å². The highest BCUT2D eigenvalue weighted by Gasteiger charge is 2.22. The van der Waals surface area contributed by atoms with Crippen molar-refractivity contribution < 1.29 is 9.59 Å². The van der Waals surface area contributed by atoms with Crippen LogP contribution in [0.3, 0.4) is 0 Å². The molecule has 3 aromatic carbocycles. The number of thioether (sulfide) groups is 1. The van der Waals surface area contributed by atoms with Gasteiger partial charge in [0.1, 0.15) is 5.01 Å². The van der Waals surface area contributed by atoms with Crippen LogP contribution in [0.5, 0.6) is 0 Å². The Labute approximate surface area is 213 Å². The van der Waals surface area contributed by atoms with Crippen molar-refractivity contribution >= 4 is 40.0 Å². The molecule has 4 rings (SSSR count). The lowest BCUT2D eigenvalue weighted by molar-refractivity contribution is -0.131. The van der Waals surface area contributed by atoms with E-state index in [2.05, 4.69) is 15.5 Å². The first kappa shape index (κ1) is 24.6. The number of anilines is 1. The van der Waals surface area contributed by atoms with E-state index < -0.39 is 0 Å². The molecular weight excluding hydrogens is 476 g/mol. The predicted octanol–water partition coefficient (Wildman–Crippen LogP) is 5.92. The second-order valence-corrected chi connectivity index (χ2v) is 9.88. The van der Waals surface area contributed by atoms with Crippen LogP contribution in [-0.2, 0) is 9.59 Å². The lowest BCUT2D eigenvalue weighted by Gasteiger charge is -2.29. The molecule has 1 aromatic heterocycles. The number of carbonyl (C=O) groups is 2. The Hall–Kier alpha value is -3.49. The third-order valence-corrected chi connectivity index (χ3v) is 7.33. The zero-order valence-electron chi connectivity index (χ0n) is 19.3. The second kappa shape index (κ2) is 12.3. The summed E-state index contributed by atoms with van der Waals surface area (Å²) in [5, 5.41) is 12.3. The minimum atomic E-state index is -0.200. The van der Waals surface area contributed by atoms with E-state index in [-0.39, 0.29) is 24.3 Å². The smallest absolute Gasteiger partial charge is 0.233 e. The van der Waals surface area contributed by atoms with Gasteiger partial charge in [-0.2, -0.15) is 0 Å². The van der Waals surface area contributed by atoms with Gasteiger partial charge < -0.3 is 10.2 Å². The summed E-state index contributed by atoms with van der Waals surface area (Å²) in [7, 11) is 0. The minimum Gasteiger partial charge on any atom is -0.335 e. The zero-order chi connectivity index (χ0) is 24.5. The molecule has 0 spiro atoms. The van der Waals surface area contributed by atoms with Gasteiger partial charge in [-0.1, -0.05) is 90.2 Å². The van der Waals surface area contributed by atoms with E-state index in [0.717, 1.165) is 21.0 Å². The van der Waals surface area contributed by atoms with Crippen molar-refractivity contribution in [3.63, 3.8) is 0 Å². The molecule has 0 aliphatic rings. The normalized spacial score (nSPS) is 11.6. The molecule has 0 aliphatic carbocycles. The highest BCUT2D eigenvalue weighted by Crippen LogP contribution is 2.27. The number of hydrogen-bond acceptors (Lipinski definition) is 6. The van der Waals surface area contributed by atoms with Crippen LogP contribution in [-0.4, -0.2) is 39.2 Å². The van der Waals surface area contributed by atoms with Crippen LogP contribution in [0.4, 0.5) is 5.13 Å². The van der Waals surface area contributed by atoms with Crippen LogP contribution in [0.1, 0.15) is 24.9 Å². The van der Waals surface area contributed by atoms with Crippen molar-refractivity contribution in [3.8, 4) is 10.6 Å². The van der Waals surface area contributed by atoms with Gasteiger partial charge in [0.15, 0.2) is 0 Å². The summed E-state index contributed by atoms with van der Waals surface area (Å²) in [5.41, 5.74) is 1.98. The molecule has 0 saturated carbocycles. The molecule has 35 heavy (non-hydrogen) atoms. The Balaban J connectivity index is 1.39. The molecule has 0 radical (unpaired) electrons. The number of aromatic nitrogens is 2. The van der Waals surface area contributed by atoms with Gasteiger partial charge in [0.2, 0.25) is 16.9 Å². The van der Waals surface area contributed by atoms with E-state index >= 15 is 0 Å². The summed E-state index contributed by atoms with van der Waals surface area (Å²) in [5.74, 6) is 0.0967. The molecule has 1 atom stereocenters. The average molecular weight is 503 g/mol. The molecule has 0 saturated heterocycles. The molecule has 0 fully saturated rings. The Morgan fingerprint density at radius 2 is 1.54 bits per heavy atom.